The topological polar surface area (TPSA) is 74.1 Å². The summed E-state index contributed by atoms with van der Waals surface area (Å²) in [6.07, 6.45) is 0. The third kappa shape index (κ3) is 3.74. The van der Waals surface area contributed by atoms with Crippen molar-refractivity contribution in [3.8, 4) is 11.8 Å². The Morgan fingerprint density at radius 1 is 1.14 bits per heavy atom. The van der Waals surface area contributed by atoms with Crippen molar-refractivity contribution in [2.24, 2.45) is 0 Å². The molecule has 5 nitrogen and oxygen atoms in total. The minimum absolute atomic E-state index is 0.373. The van der Waals surface area contributed by atoms with E-state index in [2.05, 4.69) is 10.6 Å². The molecule has 2 aromatic rings. The Bertz CT molecular complexity index is 688. The Morgan fingerprint density at radius 3 is 2.48 bits per heavy atom. The first-order valence-electron chi connectivity index (χ1n) is 6.35. The second-order valence-corrected chi connectivity index (χ2v) is 4.47. The number of anilines is 2. The van der Waals surface area contributed by atoms with Crippen LogP contribution in [0.4, 0.5) is 16.2 Å². The standard InChI is InChI=1S/C16H15N3O2/c1-11-3-6-13(7-4-11)18-16(20)19-14-8-5-12(10-17)9-15(14)21-2/h3-9H,1-2H3,(H2,18,19,20). The fourth-order valence-corrected chi connectivity index (χ4v) is 1.79. The van der Waals surface area contributed by atoms with E-state index in [0.717, 1.165) is 5.56 Å². The van der Waals surface area contributed by atoms with Gasteiger partial charge in [0.25, 0.3) is 0 Å². The minimum Gasteiger partial charge on any atom is -0.495 e. The summed E-state index contributed by atoms with van der Waals surface area (Å²) in [5, 5.41) is 14.3. The fourth-order valence-electron chi connectivity index (χ4n) is 1.79. The van der Waals surface area contributed by atoms with Gasteiger partial charge < -0.3 is 15.4 Å². The van der Waals surface area contributed by atoms with Gasteiger partial charge in [0.1, 0.15) is 5.75 Å². The van der Waals surface area contributed by atoms with Crippen molar-refractivity contribution in [2.45, 2.75) is 6.92 Å². The molecule has 0 saturated heterocycles. The number of nitrogens with one attached hydrogen (secondary N) is 2. The Morgan fingerprint density at radius 2 is 1.86 bits per heavy atom. The average molecular weight is 281 g/mol. The molecule has 0 aliphatic rings. The minimum atomic E-state index is -0.373. The van der Waals surface area contributed by atoms with E-state index >= 15 is 0 Å². The van der Waals surface area contributed by atoms with Crippen LogP contribution in [0.25, 0.3) is 0 Å². The summed E-state index contributed by atoms with van der Waals surface area (Å²) >= 11 is 0. The van der Waals surface area contributed by atoms with Crippen molar-refractivity contribution in [1.29, 1.82) is 5.26 Å². The Labute approximate surface area is 123 Å². The lowest BCUT2D eigenvalue weighted by Crippen LogP contribution is -2.19. The molecule has 0 radical (unpaired) electrons. The normalized spacial score (nSPS) is 9.57. The molecule has 0 spiro atoms. The largest absolute Gasteiger partial charge is 0.495 e. The molecule has 0 heterocycles. The molecule has 0 aromatic heterocycles. The number of ether oxygens (including phenoxy) is 1. The molecular formula is C16H15N3O2. The third-order valence-electron chi connectivity index (χ3n) is 2.89. The maximum absolute atomic E-state index is 11.9. The van der Waals surface area contributed by atoms with Crippen molar-refractivity contribution < 1.29 is 9.53 Å². The lowest BCUT2D eigenvalue weighted by atomic mass is 10.2. The molecule has 0 bridgehead atoms. The lowest BCUT2D eigenvalue weighted by molar-refractivity contribution is 0.262. The highest BCUT2D eigenvalue weighted by Gasteiger charge is 2.08. The van der Waals surface area contributed by atoms with Gasteiger partial charge in [-0.3, -0.25) is 0 Å². The number of methoxy groups -OCH3 is 1. The van der Waals surface area contributed by atoms with E-state index in [1.54, 1.807) is 18.2 Å². The van der Waals surface area contributed by atoms with Crippen molar-refractivity contribution in [3.63, 3.8) is 0 Å². The maximum atomic E-state index is 11.9. The van der Waals surface area contributed by atoms with E-state index in [4.69, 9.17) is 10.00 Å². The van der Waals surface area contributed by atoms with Crippen LogP contribution in [0.2, 0.25) is 0 Å². The summed E-state index contributed by atoms with van der Waals surface area (Å²) in [5.74, 6) is 0.438. The zero-order valence-corrected chi connectivity index (χ0v) is 11.8. The van der Waals surface area contributed by atoms with E-state index in [0.29, 0.717) is 22.7 Å². The van der Waals surface area contributed by atoms with Gasteiger partial charge in [-0.2, -0.15) is 5.26 Å². The van der Waals surface area contributed by atoms with E-state index in [9.17, 15) is 4.79 Å². The van der Waals surface area contributed by atoms with Crippen LogP contribution in [0.15, 0.2) is 42.5 Å². The molecule has 2 aromatic carbocycles. The molecule has 5 heteroatoms. The molecule has 0 aliphatic heterocycles. The second-order valence-electron chi connectivity index (χ2n) is 4.47. The highest BCUT2D eigenvalue weighted by atomic mass is 16.5. The third-order valence-corrected chi connectivity index (χ3v) is 2.89. The first-order valence-corrected chi connectivity index (χ1v) is 6.35. The maximum Gasteiger partial charge on any atom is 0.323 e. The van der Waals surface area contributed by atoms with Crippen LogP contribution in [-0.4, -0.2) is 13.1 Å². The summed E-state index contributed by atoms with van der Waals surface area (Å²) in [6.45, 7) is 1.98. The number of hydrogen-bond donors (Lipinski definition) is 2. The number of amides is 2. The van der Waals surface area contributed by atoms with Crippen LogP contribution in [0.1, 0.15) is 11.1 Å². The highest BCUT2D eigenvalue weighted by molar-refractivity contribution is 6.00. The number of rotatable bonds is 3. The molecule has 0 fully saturated rings. The van der Waals surface area contributed by atoms with Crippen LogP contribution in [0.3, 0.4) is 0 Å². The number of aryl methyl sites for hydroxylation is 1. The first kappa shape index (κ1) is 14.4. The summed E-state index contributed by atoms with van der Waals surface area (Å²) in [7, 11) is 1.49. The average Bonchev–Trinajstić information content (AvgIpc) is 2.50. The van der Waals surface area contributed by atoms with Gasteiger partial charge in [0, 0.05) is 11.8 Å². The van der Waals surface area contributed by atoms with Crippen LogP contribution in [0, 0.1) is 18.3 Å². The fraction of sp³-hybridized carbons (Fsp3) is 0.125. The summed E-state index contributed by atoms with van der Waals surface area (Å²) in [5.41, 5.74) is 2.79. The monoisotopic (exact) mass is 281 g/mol. The number of hydrogen-bond acceptors (Lipinski definition) is 3. The smallest absolute Gasteiger partial charge is 0.323 e. The number of carbonyl (C=O) groups excluding carboxylic acids is 1. The van der Waals surface area contributed by atoms with Crippen molar-refractivity contribution in [2.75, 3.05) is 17.7 Å². The molecule has 21 heavy (non-hydrogen) atoms. The van der Waals surface area contributed by atoms with Gasteiger partial charge in [-0.05, 0) is 31.2 Å². The summed E-state index contributed by atoms with van der Waals surface area (Å²) in [4.78, 5) is 11.9. The number of carbonyl (C=O) groups is 1. The van der Waals surface area contributed by atoms with Gasteiger partial charge in [0.05, 0.1) is 24.4 Å². The molecule has 0 aliphatic carbocycles. The molecule has 2 amide bonds. The predicted molar refractivity (Wildman–Crippen MR) is 81.5 cm³/mol. The Balaban J connectivity index is 2.09. The van der Waals surface area contributed by atoms with Crippen LogP contribution >= 0.6 is 0 Å². The quantitative estimate of drug-likeness (QED) is 0.904. The van der Waals surface area contributed by atoms with Crippen LogP contribution < -0.4 is 15.4 Å². The Kier molecular flexibility index (Phi) is 4.42. The summed E-state index contributed by atoms with van der Waals surface area (Å²) in [6, 6.07) is 13.9. The zero-order chi connectivity index (χ0) is 15.2. The Hall–Kier alpha value is -3.00. The molecule has 2 N–H and O–H groups in total. The number of nitrogens with zero attached hydrogens (tertiary/aromatic N) is 1. The van der Waals surface area contributed by atoms with Gasteiger partial charge in [-0.25, -0.2) is 4.79 Å². The SMILES string of the molecule is COc1cc(C#N)ccc1NC(=O)Nc1ccc(C)cc1. The first-order chi connectivity index (χ1) is 10.1. The molecule has 106 valence electrons. The van der Waals surface area contributed by atoms with Gasteiger partial charge in [-0.15, -0.1) is 0 Å². The van der Waals surface area contributed by atoms with Gasteiger partial charge in [-0.1, -0.05) is 17.7 Å². The van der Waals surface area contributed by atoms with E-state index in [1.165, 1.54) is 7.11 Å². The van der Waals surface area contributed by atoms with Crippen LogP contribution in [-0.2, 0) is 0 Å². The van der Waals surface area contributed by atoms with Crippen molar-refractivity contribution in [1.82, 2.24) is 0 Å². The number of nitriles is 1. The predicted octanol–water partition coefficient (Wildman–Crippen LogP) is 3.52. The molecule has 2 rings (SSSR count). The molecule has 0 unspecified atom stereocenters. The number of urea groups is 1. The van der Waals surface area contributed by atoms with Crippen LogP contribution in [0.5, 0.6) is 5.75 Å². The van der Waals surface area contributed by atoms with Gasteiger partial charge in [0.2, 0.25) is 0 Å². The highest BCUT2D eigenvalue weighted by Crippen LogP contribution is 2.25. The van der Waals surface area contributed by atoms with E-state index in [1.807, 2.05) is 37.3 Å². The molecule has 0 atom stereocenters. The van der Waals surface area contributed by atoms with Crippen molar-refractivity contribution >= 4 is 17.4 Å². The van der Waals surface area contributed by atoms with Gasteiger partial charge in [0.15, 0.2) is 0 Å². The summed E-state index contributed by atoms with van der Waals surface area (Å²) < 4.78 is 5.16. The number of benzene rings is 2. The molecular weight excluding hydrogens is 266 g/mol. The van der Waals surface area contributed by atoms with E-state index in [-0.39, 0.29) is 6.03 Å². The van der Waals surface area contributed by atoms with Gasteiger partial charge >= 0.3 is 6.03 Å². The lowest BCUT2D eigenvalue weighted by Gasteiger charge is -2.11. The molecule has 0 saturated carbocycles. The second kappa shape index (κ2) is 6.44. The zero-order valence-electron chi connectivity index (χ0n) is 11.8. The van der Waals surface area contributed by atoms with Crippen molar-refractivity contribution in [3.05, 3.63) is 53.6 Å². The van der Waals surface area contributed by atoms with E-state index < -0.39 is 0 Å².